The van der Waals surface area contributed by atoms with E-state index in [9.17, 15) is 4.39 Å². The smallest absolute Gasteiger partial charge is 0.225 e. The molecule has 1 aliphatic heterocycles. The van der Waals surface area contributed by atoms with Crippen LogP contribution in [0.1, 0.15) is 19.5 Å². The highest BCUT2D eigenvalue weighted by Crippen LogP contribution is 2.22. The number of para-hydroxylation sites is 1. The quantitative estimate of drug-likeness (QED) is 0.934. The second kappa shape index (κ2) is 7.03. The van der Waals surface area contributed by atoms with E-state index in [4.69, 9.17) is 0 Å². The van der Waals surface area contributed by atoms with E-state index < -0.39 is 0 Å². The van der Waals surface area contributed by atoms with Crippen molar-refractivity contribution >= 4 is 17.5 Å². The average Bonchev–Trinajstić information content (AvgIpc) is 2.54. The van der Waals surface area contributed by atoms with Crippen LogP contribution >= 0.6 is 0 Å². The molecule has 24 heavy (non-hydrogen) atoms. The Labute approximate surface area is 142 Å². The molecule has 0 saturated carbocycles. The topological polar surface area (TPSA) is 44.3 Å². The Morgan fingerprint density at radius 1 is 1.04 bits per heavy atom. The molecule has 6 heteroatoms. The molecule has 0 radical (unpaired) electrons. The minimum atomic E-state index is -0.160. The summed E-state index contributed by atoms with van der Waals surface area (Å²) >= 11 is 0. The first-order chi connectivity index (χ1) is 11.5. The number of anilines is 3. The molecule has 0 amide bonds. The molecular weight excluding hydrogens is 305 g/mol. The zero-order valence-corrected chi connectivity index (χ0v) is 14.5. The highest BCUT2D eigenvalue weighted by atomic mass is 19.1. The van der Waals surface area contributed by atoms with Crippen molar-refractivity contribution < 1.29 is 4.39 Å². The highest BCUT2D eigenvalue weighted by Gasteiger charge is 2.21. The molecule has 0 unspecified atom stereocenters. The fraction of sp³-hybridized carbons (Fsp3) is 0.444. The van der Waals surface area contributed by atoms with E-state index in [1.165, 1.54) is 6.07 Å². The molecule has 2 heterocycles. The molecule has 3 rings (SSSR count). The van der Waals surface area contributed by atoms with Gasteiger partial charge >= 0.3 is 0 Å². The summed E-state index contributed by atoms with van der Waals surface area (Å²) in [6.07, 6.45) is 0. The van der Waals surface area contributed by atoms with E-state index in [1.54, 1.807) is 6.07 Å². The van der Waals surface area contributed by atoms with E-state index >= 15 is 0 Å². The van der Waals surface area contributed by atoms with Crippen molar-refractivity contribution in [1.29, 1.82) is 0 Å². The number of nitrogens with zero attached hydrogens (tertiary/aromatic N) is 4. The van der Waals surface area contributed by atoms with Crippen LogP contribution < -0.4 is 15.1 Å². The molecule has 1 aromatic carbocycles. The van der Waals surface area contributed by atoms with Gasteiger partial charge in [0.05, 0.1) is 5.69 Å². The molecule has 0 aliphatic carbocycles. The first kappa shape index (κ1) is 16.5. The second-order valence-corrected chi connectivity index (χ2v) is 6.42. The Bertz CT molecular complexity index is 696. The highest BCUT2D eigenvalue weighted by molar-refractivity contribution is 5.51. The van der Waals surface area contributed by atoms with Gasteiger partial charge in [-0.15, -0.1) is 0 Å². The fourth-order valence-corrected chi connectivity index (χ4v) is 2.92. The van der Waals surface area contributed by atoms with Gasteiger partial charge in [-0.3, -0.25) is 0 Å². The van der Waals surface area contributed by atoms with Crippen LogP contribution in [0, 0.1) is 12.7 Å². The van der Waals surface area contributed by atoms with Crippen LogP contribution in [0.2, 0.25) is 0 Å². The van der Waals surface area contributed by atoms with Gasteiger partial charge in [0.1, 0.15) is 11.6 Å². The first-order valence-electron chi connectivity index (χ1n) is 8.39. The lowest BCUT2D eigenvalue weighted by Gasteiger charge is -2.37. The molecule has 0 spiro atoms. The predicted octanol–water partition coefficient (Wildman–Crippen LogP) is 3.07. The fourth-order valence-electron chi connectivity index (χ4n) is 2.92. The SMILES string of the molecule is Cc1cc(N2CCN(c3ccccc3F)CC2)nc(NC(C)C)n1. The molecule has 0 atom stereocenters. The lowest BCUT2D eigenvalue weighted by Crippen LogP contribution is -2.47. The van der Waals surface area contributed by atoms with Crippen LogP contribution in [-0.2, 0) is 0 Å². The average molecular weight is 329 g/mol. The van der Waals surface area contributed by atoms with Crippen molar-refractivity contribution in [1.82, 2.24) is 9.97 Å². The number of nitrogens with one attached hydrogen (secondary N) is 1. The summed E-state index contributed by atoms with van der Waals surface area (Å²) in [6.45, 7) is 9.29. The Kier molecular flexibility index (Phi) is 4.83. The number of aryl methyl sites for hydroxylation is 1. The number of rotatable bonds is 4. The molecule has 128 valence electrons. The maximum Gasteiger partial charge on any atom is 0.225 e. The van der Waals surface area contributed by atoms with Crippen molar-refractivity contribution in [3.05, 3.63) is 41.8 Å². The van der Waals surface area contributed by atoms with Crippen LogP contribution in [0.5, 0.6) is 0 Å². The monoisotopic (exact) mass is 329 g/mol. The van der Waals surface area contributed by atoms with E-state index in [1.807, 2.05) is 25.1 Å². The molecule has 1 aliphatic rings. The molecule has 1 N–H and O–H groups in total. The van der Waals surface area contributed by atoms with Crippen molar-refractivity contribution in [2.24, 2.45) is 0 Å². The molecular formula is C18H24FN5. The van der Waals surface area contributed by atoms with Crippen LogP contribution in [0.4, 0.5) is 21.8 Å². The third-order valence-corrected chi connectivity index (χ3v) is 4.06. The Morgan fingerprint density at radius 2 is 1.71 bits per heavy atom. The molecule has 1 aromatic heterocycles. The third-order valence-electron chi connectivity index (χ3n) is 4.06. The number of aromatic nitrogens is 2. The number of halogens is 1. The van der Waals surface area contributed by atoms with Gasteiger partial charge in [0.15, 0.2) is 0 Å². The van der Waals surface area contributed by atoms with E-state index in [2.05, 4.69) is 38.9 Å². The summed E-state index contributed by atoms with van der Waals surface area (Å²) < 4.78 is 13.9. The van der Waals surface area contributed by atoms with Crippen molar-refractivity contribution in [2.45, 2.75) is 26.8 Å². The summed E-state index contributed by atoms with van der Waals surface area (Å²) in [7, 11) is 0. The summed E-state index contributed by atoms with van der Waals surface area (Å²) in [5.41, 5.74) is 1.62. The van der Waals surface area contributed by atoms with E-state index in [0.717, 1.165) is 37.7 Å². The third kappa shape index (κ3) is 3.75. The van der Waals surface area contributed by atoms with Gasteiger partial charge in [-0.2, -0.15) is 4.98 Å². The Hall–Kier alpha value is -2.37. The van der Waals surface area contributed by atoms with Crippen LogP contribution in [0.3, 0.4) is 0 Å². The summed E-state index contributed by atoms with van der Waals surface area (Å²) in [5.74, 6) is 1.43. The summed E-state index contributed by atoms with van der Waals surface area (Å²) in [4.78, 5) is 13.4. The zero-order chi connectivity index (χ0) is 17.1. The minimum absolute atomic E-state index is 0.160. The first-order valence-corrected chi connectivity index (χ1v) is 8.39. The van der Waals surface area contributed by atoms with Gasteiger partial charge in [0, 0.05) is 44.0 Å². The summed E-state index contributed by atoms with van der Waals surface area (Å²) in [5, 5.41) is 3.26. The van der Waals surface area contributed by atoms with Gasteiger partial charge in [-0.05, 0) is 32.9 Å². The van der Waals surface area contributed by atoms with Crippen molar-refractivity contribution in [3.8, 4) is 0 Å². The predicted molar refractivity (Wildman–Crippen MR) is 96.4 cm³/mol. The van der Waals surface area contributed by atoms with Crippen LogP contribution in [0.25, 0.3) is 0 Å². The largest absolute Gasteiger partial charge is 0.366 e. The van der Waals surface area contributed by atoms with Gasteiger partial charge in [0.25, 0.3) is 0 Å². The van der Waals surface area contributed by atoms with Crippen LogP contribution in [-0.4, -0.2) is 42.2 Å². The lowest BCUT2D eigenvalue weighted by molar-refractivity contribution is 0.596. The minimum Gasteiger partial charge on any atom is -0.366 e. The van der Waals surface area contributed by atoms with E-state index in [0.29, 0.717) is 11.6 Å². The van der Waals surface area contributed by atoms with Crippen molar-refractivity contribution in [2.75, 3.05) is 41.3 Å². The molecule has 2 aromatic rings. The molecule has 0 bridgehead atoms. The Balaban J connectivity index is 1.71. The molecule has 5 nitrogen and oxygen atoms in total. The summed E-state index contributed by atoms with van der Waals surface area (Å²) in [6, 6.07) is 9.25. The van der Waals surface area contributed by atoms with Gasteiger partial charge < -0.3 is 15.1 Å². The Morgan fingerprint density at radius 3 is 2.38 bits per heavy atom. The van der Waals surface area contributed by atoms with E-state index in [-0.39, 0.29) is 11.9 Å². The van der Waals surface area contributed by atoms with Gasteiger partial charge in [0.2, 0.25) is 5.95 Å². The van der Waals surface area contributed by atoms with Crippen LogP contribution in [0.15, 0.2) is 30.3 Å². The standard InChI is InChI=1S/C18H24FN5/c1-13(2)20-18-21-14(3)12-17(22-18)24-10-8-23(9-11-24)16-7-5-4-6-15(16)19/h4-7,12-13H,8-11H2,1-3H3,(H,20,21,22). The maximum atomic E-state index is 13.9. The maximum absolute atomic E-state index is 13.9. The normalized spacial score (nSPS) is 15.0. The van der Waals surface area contributed by atoms with Crippen molar-refractivity contribution in [3.63, 3.8) is 0 Å². The number of hydrogen-bond acceptors (Lipinski definition) is 5. The van der Waals surface area contributed by atoms with Gasteiger partial charge in [-0.1, -0.05) is 12.1 Å². The molecule has 1 saturated heterocycles. The zero-order valence-electron chi connectivity index (χ0n) is 14.5. The number of piperazine rings is 1. The number of benzene rings is 1. The number of hydrogen-bond donors (Lipinski definition) is 1. The molecule has 1 fully saturated rings. The van der Waals surface area contributed by atoms with Gasteiger partial charge in [-0.25, -0.2) is 9.37 Å². The lowest BCUT2D eigenvalue weighted by atomic mass is 10.2. The second-order valence-electron chi connectivity index (χ2n) is 6.42.